The molecule has 0 aliphatic heterocycles. The quantitative estimate of drug-likeness (QED) is 0.858. The number of rotatable bonds is 6. The van der Waals surface area contributed by atoms with Crippen molar-refractivity contribution in [3.63, 3.8) is 0 Å². The zero-order valence-electron chi connectivity index (χ0n) is 11.6. The standard InChI is InChI=1S/C15H20N2OS/c1-4-7-16-11(2)13-5-8-17-15(10-13)19-14-6-9-18-12(14)3/h5-6,8-11,16H,4,7H2,1-3H3. The van der Waals surface area contributed by atoms with Crippen LogP contribution >= 0.6 is 11.8 Å². The van der Waals surface area contributed by atoms with E-state index in [1.54, 1.807) is 18.0 Å². The molecular formula is C15H20N2OS. The maximum atomic E-state index is 5.31. The highest BCUT2D eigenvalue weighted by atomic mass is 32.2. The second-order valence-corrected chi connectivity index (χ2v) is 5.61. The van der Waals surface area contributed by atoms with Crippen molar-refractivity contribution < 1.29 is 4.42 Å². The number of furan rings is 1. The van der Waals surface area contributed by atoms with E-state index in [1.165, 1.54) is 5.56 Å². The minimum absolute atomic E-state index is 0.354. The number of nitrogens with zero attached hydrogens (tertiary/aromatic N) is 1. The highest BCUT2D eigenvalue weighted by Crippen LogP contribution is 2.30. The first kappa shape index (κ1) is 14.2. The average Bonchev–Trinajstić information content (AvgIpc) is 2.82. The summed E-state index contributed by atoms with van der Waals surface area (Å²) < 4.78 is 5.31. The van der Waals surface area contributed by atoms with Gasteiger partial charge in [-0.1, -0.05) is 18.7 Å². The van der Waals surface area contributed by atoms with Crippen LogP contribution < -0.4 is 5.32 Å². The zero-order chi connectivity index (χ0) is 13.7. The molecule has 3 nitrogen and oxygen atoms in total. The van der Waals surface area contributed by atoms with Crippen LogP contribution in [-0.4, -0.2) is 11.5 Å². The molecule has 0 aliphatic rings. The maximum absolute atomic E-state index is 5.31. The molecule has 2 heterocycles. The van der Waals surface area contributed by atoms with Crippen molar-refractivity contribution in [2.45, 2.75) is 43.2 Å². The van der Waals surface area contributed by atoms with Crippen LogP contribution in [0, 0.1) is 6.92 Å². The summed E-state index contributed by atoms with van der Waals surface area (Å²) in [6.07, 6.45) is 4.73. The molecule has 0 radical (unpaired) electrons. The fourth-order valence-electron chi connectivity index (χ4n) is 1.82. The van der Waals surface area contributed by atoms with Gasteiger partial charge >= 0.3 is 0 Å². The molecule has 0 saturated carbocycles. The van der Waals surface area contributed by atoms with E-state index in [1.807, 2.05) is 19.2 Å². The van der Waals surface area contributed by atoms with Gasteiger partial charge in [0.1, 0.15) is 10.8 Å². The predicted molar refractivity (Wildman–Crippen MR) is 78.5 cm³/mol. The molecule has 2 rings (SSSR count). The number of aryl methyl sites for hydroxylation is 1. The van der Waals surface area contributed by atoms with E-state index in [0.29, 0.717) is 6.04 Å². The van der Waals surface area contributed by atoms with Crippen molar-refractivity contribution in [3.05, 3.63) is 42.0 Å². The fourth-order valence-corrected chi connectivity index (χ4v) is 2.67. The molecule has 0 saturated heterocycles. The summed E-state index contributed by atoms with van der Waals surface area (Å²) >= 11 is 1.64. The van der Waals surface area contributed by atoms with Crippen LogP contribution in [0.25, 0.3) is 0 Å². The van der Waals surface area contributed by atoms with Crippen molar-refractivity contribution in [1.29, 1.82) is 0 Å². The Morgan fingerprint density at radius 1 is 1.42 bits per heavy atom. The molecule has 0 aromatic carbocycles. The van der Waals surface area contributed by atoms with E-state index in [0.717, 1.165) is 28.6 Å². The molecule has 2 aromatic rings. The van der Waals surface area contributed by atoms with Gasteiger partial charge < -0.3 is 9.73 Å². The van der Waals surface area contributed by atoms with E-state index in [4.69, 9.17) is 4.42 Å². The second-order valence-electron chi connectivity index (χ2n) is 4.55. The lowest BCUT2D eigenvalue weighted by atomic mass is 10.1. The zero-order valence-corrected chi connectivity index (χ0v) is 12.5. The number of nitrogens with one attached hydrogen (secondary N) is 1. The number of pyridine rings is 1. The molecule has 0 bridgehead atoms. The van der Waals surface area contributed by atoms with Crippen LogP contribution in [0.2, 0.25) is 0 Å². The minimum Gasteiger partial charge on any atom is -0.468 e. The summed E-state index contributed by atoms with van der Waals surface area (Å²) in [5.74, 6) is 0.939. The third-order valence-corrected chi connectivity index (χ3v) is 4.06. The molecule has 0 amide bonds. The van der Waals surface area contributed by atoms with Gasteiger partial charge in [0, 0.05) is 12.2 Å². The van der Waals surface area contributed by atoms with Gasteiger partial charge in [0.2, 0.25) is 0 Å². The number of hydrogen-bond donors (Lipinski definition) is 1. The fraction of sp³-hybridized carbons (Fsp3) is 0.400. The van der Waals surface area contributed by atoms with Gasteiger partial charge in [-0.2, -0.15) is 0 Å². The van der Waals surface area contributed by atoms with Crippen LogP contribution in [0.5, 0.6) is 0 Å². The summed E-state index contributed by atoms with van der Waals surface area (Å²) in [6, 6.07) is 6.55. The van der Waals surface area contributed by atoms with E-state index < -0.39 is 0 Å². The Morgan fingerprint density at radius 3 is 2.95 bits per heavy atom. The summed E-state index contributed by atoms with van der Waals surface area (Å²) in [4.78, 5) is 5.54. The lowest BCUT2D eigenvalue weighted by Crippen LogP contribution is -2.19. The van der Waals surface area contributed by atoms with E-state index in [2.05, 4.69) is 36.3 Å². The van der Waals surface area contributed by atoms with Crippen molar-refractivity contribution in [3.8, 4) is 0 Å². The second kappa shape index (κ2) is 6.78. The number of aromatic nitrogens is 1. The van der Waals surface area contributed by atoms with Crippen LogP contribution in [0.4, 0.5) is 0 Å². The highest BCUT2D eigenvalue weighted by Gasteiger charge is 2.08. The summed E-state index contributed by atoms with van der Waals surface area (Å²) in [5.41, 5.74) is 1.27. The Kier molecular flexibility index (Phi) is 5.05. The number of hydrogen-bond acceptors (Lipinski definition) is 4. The Labute approximate surface area is 118 Å². The van der Waals surface area contributed by atoms with Crippen molar-refractivity contribution >= 4 is 11.8 Å². The summed E-state index contributed by atoms with van der Waals surface area (Å²) in [6.45, 7) is 7.36. The molecule has 102 valence electrons. The largest absolute Gasteiger partial charge is 0.468 e. The lowest BCUT2D eigenvalue weighted by molar-refractivity contribution is 0.527. The van der Waals surface area contributed by atoms with E-state index in [-0.39, 0.29) is 0 Å². The molecular weight excluding hydrogens is 256 g/mol. The highest BCUT2D eigenvalue weighted by molar-refractivity contribution is 7.99. The van der Waals surface area contributed by atoms with Crippen LogP contribution in [0.3, 0.4) is 0 Å². The summed E-state index contributed by atoms with van der Waals surface area (Å²) in [5, 5.41) is 4.50. The molecule has 19 heavy (non-hydrogen) atoms. The minimum atomic E-state index is 0.354. The Bertz CT molecular complexity index is 524. The molecule has 0 spiro atoms. The SMILES string of the molecule is CCCNC(C)c1ccnc(Sc2ccoc2C)c1. The molecule has 0 fully saturated rings. The van der Waals surface area contributed by atoms with Crippen molar-refractivity contribution in [2.75, 3.05) is 6.54 Å². The van der Waals surface area contributed by atoms with Gasteiger partial charge in [0.25, 0.3) is 0 Å². The molecule has 1 atom stereocenters. The van der Waals surface area contributed by atoms with Gasteiger partial charge in [-0.15, -0.1) is 0 Å². The van der Waals surface area contributed by atoms with Crippen molar-refractivity contribution in [1.82, 2.24) is 10.3 Å². The van der Waals surface area contributed by atoms with Gasteiger partial charge in [-0.3, -0.25) is 0 Å². The average molecular weight is 276 g/mol. The first-order valence-electron chi connectivity index (χ1n) is 6.62. The Morgan fingerprint density at radius 2 is 2.26 bits per heavy atom. The Hall–Kier alpha value is -1.26. The lowest BCUT2D eigenvalue weighted by Gasteiger charge is -2.14. The first-order valence-corrected chi connectivity index (χ1v) is 7.43. The molecule has 2 aromatic heterocycles. The van der Waals surface area contributed by atoms with Crippen LogP contribution in [-0.2, 0) is 0 Å². The third kappa shape index (κ3) is 3.85. The first-order chi connectivity index (χ1) is 9.20. The van der Waals surface area contributed by atoms with Gasteiger partial charge in [0.05, 0.1) is 11.2 Å². The van der Waals surface area contributed by atoms with Gasteiger partial charge in [0.15, 0.2) is 0 Å². The van der Waals surface area contributed by atoms with Gasteiger partial charge in [-0.05, 0) is 50.6 Å². The molecule has 0 aliphatic carbocycles. The van der Waals surface area contributed by atoms with Crippen LogP contribution in [0.1, 0.15) is 37.6 Å². The predicted octanol–water partition coefficient (Wildman–Crippen LogP) is 4.19. The third-order valence-electron chi connectivity index (χ3n) is 2.99. The molecule has 1 N–H and O–H groups in total. The maximum Gasteiger partial charge on any atom is 0.114 e. The Balaban J connectivity index is 2.09. The van der Waals surface area contributed by atoms with Gasteiger partial charge in [-0.25, -0.2) is 4.98 Å². The monoisotopic (exact) mass is 276 g/mol. The van der Waals surface area contributed by atoms with Crippen molar-refractivity contribution in [2.24, 2.45) is 0 Å². The molecule has 1 unspecified atom stereocenters. The van der Waals surface area contributed by atoms with E-state index in [9.17, 15) is 0 Å². The van der Waals surface area contributed by atoms with E-state index >= 15 is 0 Å². The van der Waals surface area contributed by atoms with Crippen LogP contribution in [0.15, 0.2) is 45.0 Å². The topological polar surface area (TPSA) is 38.1 Å². The molecule has 4 heteroatoms. The summed E-state index contributed by atoms with van der Waals surface area (Å²) in [7, 11) is 0. The normalized spacial score (nSPS) is 12.6. The smallest absolute Gasteiger partial charge is 0.114 e.